The fraction of sp³-hybridized carbons (Fsp3) is 0.391. The molecule has 0 saturated carbocycles. The molecule has 1 fully saturated rings. The van der Waals surface area contributed by atoms with Crippen LogP contribution in [0, 0.1) is 0 Å². The second-order valence-corrected chi connectivity index (χ2v) is 12.7. The van der Waals surface area contributed by atoms with E-state index >= 15 is 0 Å². The Morgan fingerprint density at radius 2 is 1.57 bits per heavy atom. The van der Waals surface area contributed by atoms with Crippen LogP contribution in [0.1, 0.15) is 42.7 Å². The first-order valence-electron chi connectivity index (χ1n) is 10.3. The van der Waals surface area contributed by atoms with Gasteiger partial charge >= 0.3 is 0 Å². The maximum absolute atomic E-state index is 13.2. The van der Waals surface area contributed by atoms with Gasteiger partial charge in [-0.2, -0.15) is 0 Å². The van der Waals surface area contributed by atoms with E-state index < -0.39 is 20.5 Å². The van der Waals surface area contributed by atoms with Gasteiger partial charge in [-0.1, -0.05) is 44.5 Å². The van der Waals surface area contributed by atoms with Crippen LogP contribution in [0.2, 0.25) is 23.2 Å². The van der Waals surface area contributed by atoms with Gasteiger partial charge in [0.15, 0.2) is 14.4 Å². The summed E-state index contributed by atoms with van der Waals surface area (Å²) in [5.74, 6) is 0.105. The number of carbonyl (C=O) groups is 2. The van der Waals surface area contributed by atoms with Gasteiger partial charge in [-0.05, 0) is 60.1 Å². The highest BCUT2D eigenvalue weighted by molar-refractivity contribution is 6.73. The molecule has 30 heavy (non-hydrogen) atoms. The van der Waals surface area contributed by atoms with E-state index in [4.69, 9.17) is 20.8 Å². The standard InChI is InChI=1S/C23H28ClNO4Si/c1-5-30(6-2,7-3)29-21-20(16-10-14-19(28-4)15-11-16)25(23(21)27)22(26)17-8-12-18(24)13-9-17/h8-15,20-21H,5-7H2,1-4H3/t20-,21+/m0/s1. The molecule has 0 unspecified atom stereocenters. The van der Waals surface area contributed by atoms with Crippen molar-refractivity contribution in [1.82, 2.24) is 4.90 Å². The van der Waals surface area contributed by atoms with Gasteiger partial charge in [0.25, 0.3) is 11.8 Å². The van der Waals surface area contributed by atoms with Crippen LogP contribution in [-0.2, 0) is 9.22 Å². The number of nitrogens with zero attached hydrogens (tertiary/aromatic N) is 1. The summed E-state index contributed by atoms with van der Waals surface area (Å²) in [6.45, 7) is 6.38. The minimum Gasteiger partial charge on any atom is -0.497 e. The summed E-state index contributed by atoms with van der Waals surface area (Å²) in [5, 5.41) is 0.541. The third kappa shape index (κ3) is 4.17. The average Bonchev–Trinajstić information content (AvgIpc) is 2.79. The molecular weight excluding hydrogens is 418 g/mol. The minimum absolute atomic E-state index is 0.275. The Labute approximate surface area is 184 Å². The molecule has 3 rings (SSSR count). The largest absolute Gasteiger partial charge is 0.497 e. The fourth-order valence-electron chi connectivity index (χ4n) is 3.93. The lowest BCUT2D eigenvalue weighted by Crippen LogP contribution is -2.64. The topological polar surface area (TPSA) is 55.8 Å². The number of hydrogen-bond donors (Lipinski definition) is 0. The highest BCUT2D eigenvalue weighted by Gasteiger charge is 2.54. The molecule has 0 N–H and O–H groups in total. The minimum atomic E-state index is -2.04. The zero-order valence-corrected chi connectivity index (χ0v) is 19.6. The van der Waals surface area contributed by atoms with Crippen LogP contribution in [-0.4, -0.2) is 38.2 Å². The van der Waals surface area contributed by atoms with Crippen LogP contribution in [0.3, 0.4) is 0 Å². The molecular formula is C23H28ClNO4Si. The molecule has 1 heterocycles. The van der Waals surface area contributed by atoms with Crippen LogP contribution < -0.4 is 4.74 Å². The van der Waals surface area contributed by atoms with E-state index in [1.807, 2.05) is 24.3 Å². The molecule has 1 aliphatic heterocycles. The molecule has 1 aliphatic rings. The van der Waals surface area contributed by atoms with Crippen molar-refractivity contribution in [2.45, 2.75) is 51.0 Å². The number of benzene rings is 2. The lowest BCUT2D eigenvalue weighted by Gasteiger charge is -2.48. The first-order valence-corrected chi connectivity index (χ1v) is 13.2. The van der Waals surface area contributed by atoms with Crippen molar-refractivity contribution in [3.63, 3.8) is 0 Å². The summed E-state index contributed by atoms with van der Waals surface area (Å²) in [5.41, 5.74) is 1.28. The molecule has 0 aliphatic carbocycles. The molecule has 0 bridgehead atoms. The number of rotatable bonds is 8. The smallest absolute Gasteiger partial charge is 0.261 e. The Balaban J connectivity index is 1.96. The Morgan fingerprint density at radius 1 is 1.00 bits per heavy atom. The average molecular weight is 446 g/mol. The van der Waals surface area contributed by atoms with Crippen LogP contribution >= 0.6 is 11.6 Å². The lowest BCUT2D eigenvalue weighted by molar-refractivity contribution is -0.158. The maximum Gasteiger partial charge on any atom is 0.261 e. The molecule has 0 spiro atoms. The second kappa shape index (κ2) is 9.33. The molecule has 5 nitrogen and oxygen atoms in total. The first-order chi connectivity index (χ1) is 14.4. The second-order valence-electron chi connectivity index (χ2n) is 7.52. The van der Waals surface area contributed by atoms with E-state index in [-0.39, 0.29) is 11.8 Å². The van der Waals surface area contributed by atoms with E-state index in [0.717, 1.165) is 29.4 Å². The van der Waals surface area contributed by atoms with Crippen LogP contribution in [0.5, 0.6) is 5.75 Å². The normalized spacial score (nSPS) is 18.8. The highest BCUT2D eigenvalue weighted by atomic mass is 35.5. The number of carbonyl (C=O) groups excluding carboxylic acids is 2. The van der Waals surface area contributed by atoms with Crippen LogP contribution in [0.4, 0.5) is 0 Å². The Kier molecular flexibility index (Phi) is 7.01. The Morgan fingerprint density at radius 3 is 2.07 bits per heavy atom. The van der Waals surface area contributed by atoms with Crippen molar-refractivity contribution >= 4 is 31.7 Å². The number of methoxy groups -OCH3 is 1. The van der Waals surface area contributed by atoms with Crippen molar-refractivity contribution in [2.75, 3.05) is 7.11 Å². The van der Waals surface area contributed by atoms with Gasteiger partial charge in [0.1, 0.15) is 5.75 Å². The number of β-lactam (4-membered cyclic amide) rings is 1. The molecule has 0 radical (unpaired) electrons. The summed E-state index contributed by atoms with van der Waals surface area (Å²) in [6.07, 6.45) is -0.638. The van der Waals surface area contributed by atoms with Crippen LogP contribution in [0.25, 0.3) is 0 Å². The highest BCUT2D eigenvalue weighted by Crippen LogP contribution is 2.41. The maximum atomic E-state index is 13.2. The Bertz CT molecular complexity index is 888. The van der Waals surface area contributed by atoms with Crippen molar-refractivity contribution in [2.24, 2.45) is 0 Å². The summed E-state index contributed by atoms with van der Waals surface area (Å²) in [6, 6.07) is 16.4. The van der Waals surface area contributed by atoms with Gasteiger partial charge in [-0.25, -0.2) is 0 Å². The predicted molar refractivity (Wildman–Crippen MR) is 120 cm³/mol. The summed E-state index contributed by atoms with van der Waals surface area (Å²) < 4.78 is 11.8. The molecule has 0 aromatic heterocycles. The molecule has 2 atom stereocenters. The number of likely N-dealkylation sites (tertiary alicyclic amines) is 1. The van der Waals surface area contributed by atoms with Gasteiger partial charge < -0.3 is 9.16 Å². The lowest BCUT2D eigenvalue weighted by atomic mass is 9.90. The van der Waals surface area contributed by atoms with Gasteiger partial charge in [0.2, 0.25) is 0 Å². The van der Waals surface area contributed by atoms with Gasteiger partial charge in [-0.15, -0.1) is 0 Å². The van der Waals surface area contributed by atoms with Crippen molar-refractivity contribution < 1.29 is 18.8 Å². The zero-order chi connectivity index (χ0) is 21.9. The quantitative estimate of drug-likeness (QED) is 0.307. The van der Waals surface area contributed by atoms with E-state index in [9.17, 15) is 9.59 Å². The molecule has 2 aromatic carbocycles. The van der Waals surface area contributed by atoms with Gasteiger partial charge in [0, 0.05) is 10.6 Å². The van der Waals surface area contributed by atoms with E-state index in [0.29, 0.717) is 10.6 Å². The van der Waals surface area contributed by atoms with Gasteiger partial charge in [-0.3, -0.25) is 14.5 Å². The number of amides is 2. The molecule has 1 saturated heterocycles. The van der Waals surface area contributed by atoms with Crippen molar-refractivity contribution in [1.29, 1.82) is 0 Å². The van der Waals surface area contributed by atoms with Crippen LogP contribution in [0.15, 0.2) is 48.5 Å². The van der Waals surface area contributed by atoms with E-state index in [1.165, 1.54) is 4.90 Å². The first kappa shape index (κ1) is 22.5. The van der Waals surface area contributed by atoms with Crippen molar-refractivity contribution in [3.05, 3.63) is 64.7 Å². The SMILES string of the molecule is CC[Si](CC)(CC)O[C@H]1C(=O)N(C(=O)c2ccc(Cl)cc2)[C@H]1c1ccc(OC)cc1. The number of ether oxygens (including phenoxy) is 1. The van der Waals surface area contributed by atoms with Gasteiger partial charge in [0.05, 0.1) is 13.2 Å². The summed E-state index contributed by atoms with van der Waals surface area (Å²) >= 11 is 5.95. The van der Waals surface area contributed by atoms with E-state index in [2.05, 4.69) is 20.8 Å². The van der Waals surface area contributed by atoms with Crippen molar-refractivity contribution in [3.8, 4) is 5.75 Å². The Hall–Kier alpha value is -2.15. The number of imide groups is 1. The monoisotopic (exact) mass is 445 g/mol. The fourth-order valence-corrected chi connectivity index (χ4v) is 6.82. The molecule has 7 heteroatoms. The molecule has 2 aromatic rings. The zero-order valence-electron chi connectivity index (χ0n) is 17.9. The number of halogens is 1. The number of hydrogen-bond acceptors (Lipinski definition) is 4. The third-order valence-electron chi connectivity index (χ3n) is 6.12. The summed E-state index contributed by atoms with van der Waals surface area (Å²) in [4.78, 5) is 27.6. The summed E-state index contributed by atoms with van der Waals surface area (Å²) in [7, 11) is -0.432. The molecule has 160 valence electrons. The third-order valence-corrected chi connectivity index (χ3v) is 11.0. The predicted octanol–water partition coefficient (Wildman–Crippen LogP) is 5.46. The van der Waals surface area contributed by atoms with E-state index in [1.54, 1.807) is 31.4 Å². The molecule has 2 amide bonds.